The summed E-state index contributed by atoms with van der Waals surface area (Å²) >= 11 is 7.39. The Morgan fingerprint density at radius 3 is 2.94 bits per heavy atom. The first-order valence-electron chi connectivity index (χ1n) is 4.97. The fraction of sp³-hybridized carbons (Fsp3) is 0. The van der Waals surface area contributed by atoms with Gasteiger partial charge in [0.25, 0.3) is 0 Å². The lowest BCUT2D eigenvalue weighted by atomic mass is 10.2. The van der Waals surface area contributed by atoms with E-state index < -0.39 is 0 Å². The van der Waals surface area contributed by atoms with Gasteiger partial charge in [-0.15, -0.1) is 11.3 Å². The molecular weight excluding hydrogens is 256 g/mol. The molecule has 0 aliphatic carbocycles. The highest BCUT2D eigenvalue weighted by molar-refractivity contribution is 7.20. The van der Waals surface area contributed by atoms with Gasteiger partial charge >= 0.3 is 0 Å². The largest absolute Gasteiger partial charge is 0.289 e. The molecule has 3 rings (SSSR count). The van der Waals surface area contributed by atoms with Crippen molar-refractivity contribution in [3.05, 3.63) is 58.0 Å². The molecule has 0 fully saturated rings. The molecule has 0 amide bonds. The van der Waals surface area contributed by atoms with Crippen molar-refractivity contribution in [3.63, 3.8) is 0 Å². The Labute approximate surface area is 106 Å². The molecule has 0 atom stereocenters. The molecule has 1 aromatic carbocycles. The third-order valence-corrected chi connectivity index (χ3v) is 3.73. The highest BCUT2D eigenvalue weighted by Gasteiger charge is 2.05. The van der Waals surface area contributed by atoms with Crippen molar-refractivity contribution in [2.75, 3.05) is 0 Å². The monoisotopic (exact) mass is 262 g/mol. The van der Waals surface area contributed by atoms with E-state index in [1.165, 1.54) is 11.3 Å². The fourth-order valence-electron chi connectivity index (χ4n) is 1.63. The van der Waals surface area contributed by atoms with Crippen LogP contribution in [-0.2, 0) is 0 Å². The topological polar surface area (TPSA) is 34.9 Å². The van der Waals surface area contributed by atoms with Crippen LogP contribution in [0.25, 0.3) is 15.1 Å². The lowest BCUT2D eigenvalue weighted by molar-refractivity contribution is 0.896. The Balaban J connectivity index is 2.32. The molecule has 5 heteroatoms. The first-order valence-corrected chi connectivity index (χ1v) is 6.17. The van der Waals surface area contributed by atoms with Gasteiger partial charge in [0.2, 0.25) is 0 Å². The second-order valence-electron chi connectivity index (χ2n) is 3.54. The maximum absolute atomic E-state index is 12.0. The van der Waals surface area contributed by atoms with Crippen molar-refractivity contribution in [2.45, 2.75) is 0 Å². The molecule has 0 bridgehead atoms. The van der Waals surface area contributed by atoms with Crippen molar-refractivity contribution >= 4 is 33.0 Å². The van der Waals surface area contributed by atoms with Crippen molar-refractivity contribution in [3.8, 4) is 5.00 Å². The molecule has 0 N–H and O–H groups in total. The number of fused-ring (bicyclic) bond motifs is 1. The Bertz CT molecular complexity index is 734. The number of hydrogen-bond donors (Lipinski definition) is 0. The van der Waals surface area contributed by atoms with Crippen LogP contribution in [0.1, 0.15) is 0 Å². The van der Waals surface area contributed by atoms with E-state index >= 15 is 0 Å². The first-order chi connectivity index (χ1) is 8.24. The molecule has 2 heterocycles. The van der Waals surface area contributed by atoms with E-state index in [2.05, 4.69) is 5.10 Å². The maximum atomic E-state index is 12.0. The molecule has 3 aromatic rings. The van der Waals surface area contributed by atoms with E-state index in [0.29, 0.717) is 10.4 Å². The zero-order valence-electron chi connectivity index (χ0n) is 8.63. The fourth-order valence-corrected chi connectivity index (χ4v) is 2.80. The Kier molecular flexibility index (Phi) is 2.46. The van der Waals surface area contributed by atoms with Gasteiger partial charge in [0.15, 0.2) is 5.43 Å². The highest BCUT2D eigenvalue weighted by Crippen LogP contribution is 2.23. The summed E-state index contributed by atoms with van der Waals surface area (Å²) in [5, 5.41) is 6.14. The van der Waals surface area contributed by atoms with Crippen LogP contribution in [0.3, 0.4) is 0 Å². The third kappa shape index (κ3) is 1.85. The lowest BCUT2D eigenvalue weighted by Crippen LogP contribution is -2.02. The predicted octanol–water partition coefficient (Wildman–Crippen LogP) is 3.10. The molecule has 0 saturated carbocycles. The molecule has 17 heavy (non-hydrogen) atoms. The van der Waals surface area contributed by atoms with Gasteiger partial charge in [-0.2, -0.15) is 5.10 Å². The summed E-state index contributed by atoms with van der Waals surface area (Å²) < 4.78 is 2.59. The second-order valence-corrected chi connectivity index (χ2v) is 5.04. The van der Waals surface area contributed by atoms with Gasteiger partial charge < -0.3 is 0 Å². The van der Waals surface area contributed by atoms with E-state index in [1.807, 2.05) is 18.3 Å². The minimum absolute atomic E-state index is 0.0354. The second kappa shape index (κ2) is 3.98. The Morgan fingerprint density at radius 1 is 1.29 bits per heavy atom. The number of nitrogens with zero attached hydrogens (tertiary/aromatic N) is 2. The van der Waals surface area contributed by atoms with Crippen LogP contribution in [0.5, 0.6) is 0 Å². The molecule has 0 aliphatic rings. The summed E-state index contributed by atoms with van der Waals surface area (Å²) in [5.41, 5.74) is -0.0354. The van der Waals surface area contributed by atoms with Crippen LogP contribution < -0.4 is 5.43 Å². The van der Waals surface area contributed by atoms with Crippen LogP contribution >= 0.6 is 22.9 Å². The molecule has 2 aromatic heterocycles. The molecule has 0 aliphatic heterocycles. The molecule has 0 saturated heterocycles. The minimum atomic E-state index is -0.0354. The van der Waals surface area contributed by atoms with E-state index in [0.717, 1.165) is 9.70 Å². The SMILES string of the molecule is O=c1cc(-n2cccn2)sc2ccc(Cl)cc12. The van der Waals surface area contributed by atoms with Crippen molar-refractivity contribution in [1.82, 2.24) is 9.78 Å². The minimum Gasteiger partial charge on any atom is -0.289 e. The Hall–Kier alpha value is -1.65. The summed E-state index contributed by atoms with van der Waals surface area (Å²) in [4.78, 5) is 12.0. The van der Waals surface area contributed by atoms with E-state index in [-0.39, 0.29) is 5.43 Å². The van der Waals surface area contributed by atoms with Crippen molar-refractivity contribution in [1.29, 1.82) is 0 Å². The smallest absolute Gasteiger partial charge is 0.190 e. The molecule has 0 spiro atoms. The molecule has 3 nitrogen and oxygen atoms in total. The number of benzene rings is 1. The first kappa shape index (κ1) is 10.5. The zero-order chi connectivity index (χ0) is 11.8. The summed E-state index contributed by atoms with van der Waals surface area (Å²) in [6, 6.07) is 8.74. The van der Waals surface area contributed by atoms with Gasteiger partial charge in [-0.25, -0.2) is 4.68 Å². The van der Waals surface area contributed by atoms with Gasteiger partial charge in [0.05, 0.1) is 0 Å². The van der Waals surface area contributed by atoms with Crippen LogP contribution in [0.2, 0.25) is 5.02 Å². The normalized spacial score (nSPS) is 10.9. The molecule has 0 radical (unpaired) electrons. The third-order valence-electron chi connectivity index (χ3n) is 2.41. The Morgan fingerprint density at radius 2 is 2.18 bits per heavy atom. The number of aromatic nitrogens is 2. The van der Waals surface area contributed by atoms with E-state index in [1.54, 1.807) is 29.1 Å². The molecular formula is C12H7ClN2OS. The van der Waals surface area contributed by atoms with Gasteiger partial charge in [-0.3, -0.25) is 4.79 Å². The quantitative estimate of drug-likeness (QED) is 0.675. The van der Waals surface area contributed by atoms with Crippen molar-refractivity contribution < 1.29 is 0 Å². The van der Waals surface area contributed by atoms with Gasteiger partial charge in [0, 0.05) is 33.6 Å². The number of hydrogen-bond acceptors (Lipinski definition) is 3. The van der Waals surface area contributed by atoms with E-state index in [9.17, 15) is 4.79 Å². The summed E-state index contributed by atoms with van der Waals surface area (Å²) in [6.07, 6.45) is 3.50. The van der Waals surface area contributed by atoms with Crippen LogP contribution in [0.4, 0.5) is 0 Å². The lowest BCUT2D eigenvalue weighted by Gasteiger charge is -2.02. The zero-order valence-corrected chi connectivity index (χ0v) is 10.2. The highest BCUT2D eigenvalue weighted by atomic mass is 35.5. The van der Waals surface area contributed by atoms with Crippen molar-refractivity contribution in [2.24, 2.45) is 0 Å². The standard InChI is InChI=1S/C12H7ClN2OS/c13-8-2-3-11-9(6-8)10(16)7-12(17-11)15-5-1-4-14-15/h1-7H. The maximum Gasteiger partial charge on any atom is 0.190 e. The molecule has 84 valence electrons. The van der Waals surface area contributed by atoms with Gasteiger partial charge in [-0.05, 0) is 24.3 Å². The number of halogens is 1. The van der Waals surface area contributed by atoms with Crippen LogP contribution in [0.15, 0.2) is 47.5 Å². The van der Waals surface area contributed by atoms with Gasteiger partial charge in [-0.1, -0.05) is 11.6 Å². The molecule has 0 unspecified atom stereocenters. The summed E-state index contributed by atoms with van der Waals surface area (Å²) in [7, 11) is 0. The average Bonchev–Trinajstić information content (AvgIpc) is 2.83. The summed E-state index contributed by atoms with van der Waals surface area (Å²) in [5.74, 6) is 0. The number of rotatable bonds is 1. The van der Waals surface area contributed by atoms with Crippen LogP contribution in [-0.4, -0.2) is 9.78 Å². The van der Waals surface area contributed by atoms with E-state index in [4.69, 9.17) is 11.6 Å². The van der Waals surface area contributed by atoms with Crippen LogP contribution in [0, 0.1) is 0 Å². The van der Waals surface area contributed by atoms with Gasteiger partial charge in [0.1, 0.15) is 5.00 Å². The summed E-state index contributed by atoms with van der Waals surface area (Å²) in [6.45, 7) is 0. The average molecular weight is 263 g/mol. The predicted molar refractivity (Wildman–Crippen MR) is 70.2 cm³/mol.